The van der Waals surface area contributed by atoms with Gasteiger partial charge in [-0.3, -0.25) is 9.48 Å². The molecule has 3 aromatic heterocycles. The molecule has 0 spiro atoms. The molecule has 0 radical (unpaired) electrons. The normalized spacial score (nSPS) is 12.3. The Kier molecular flexibility index (Phi) is 5.79. The Balaban J connectivity index is 1.75. The predicted molar refractivity (Wildman–Crippen MR) is 107 cm³/mol. The van der Waals surface area contributed by atoms with E-state index in [4.69, 9.17) is 0 Å². The van der Waals surface area contributed by atoms with Gasteiger partial charge in [-0.2, -0.15) is 32.1 Å². The highest BCUT2D eigenvalue weighted by molar-refractivity contribution is 5.93. The Morgan fingerprint density at radius 1 is 1.09 bits per heavy atom. The summed E-state index contributed by atoms with van der Waals surface area (Å²) >= 11 is 0. The monoisotopic (exact) mass is 482 g/mol. The topological polar surface area (TPSA) is 77.1 Å². The largest absolute Gasteiger partial charge is 0.459 e. The zero-order chi connectivity index (χ0) is 24.7. The second-order valence-electron chi connectivity index (χ2n) is 7.29. The number of amides is 1. The summed E-state index contributed by atoms with van der Waals surface area (Å²) in [7, 11) is 0. The number of fused-ring (bicyclic) bond motifs is 1. The van der Waals surface area contributed by atoms with Crippen LogP contribution in [0.5, 0.6) is 0 Å². The molecule has 3 heterocycles. The fraction of sp³-hybridized carbons (Fsp3) is 0.238. The summed E-state index contributed by atoms with van der Waals surface area (Å²) in [6.07, 6.45) is -2.73. The highest BCUT2D eigenvalue weighted by Gasteiger charge is 2.60. The number of carbonyl (C=O) groups excluding carboxylic acids is 1. The van der Waals surface area contributed by atoms with E-state index in [2.05, 4.69) is 20.5 Å². The van der Waals surface area contributed by atoms with Crippen molar-refractivity contribution in [2.75, 3.05) is 0 Å². The van der Waals surface area contributed by atoms with Gasteiger partial charge in [-0.1, -0.05) is 0 Å². The first-order chi connectivity index (χ1) is 16.0. The van der Waals surface area contributed by atoms with Crippen molar-refractivity contribution < 1.29 is 31.1 Å². The van der Waals surface area contributed by atoms with Crippen molar-refractivity contribution in [1.29, 1.82) is 0 Å². The Bertz CT molecular complexity index is 1340. The van der Waals surface area contributed by atoms with E-state index in [1.54, 1.807) is 10.9 Å². The molecule has 0 aliphatic heterocycles. The fourth-order valence-corrected chi connectivity index (χ4v) is 3.17. The lowest BCUT2D eigenvalue weighted by molar-refractivity contribution is -0.291. The van der Waals surface area contributed by atoms with E-state index in [-0.39, 0.29) is 22.3 Å². The molecule has 1 aromatic carbocycles. The third-order valence-electron chi connectivity index (χ3n) is 4.94. The Morgan fingerprint density at radius 2 is 1.79 bits per heavy atom. The number of nitrogens with one attached hydrogen (secondary N) is 1. The van der Waals surface area contributed by atoms with E-state index in [0.29, 0.717) is 18.2 Å². The number of benzene rings is 1. The summed E-state index contributed by atoms with van der Waals surface area (Å²) in [4.78, 5) is 16.6. The molecule has 1 amide bonds. The molecule has 0 atom stereocenters. The lowest BCUT2D eigenvalue weighted by Crippen LogP contribution is -2.36. The summed E-state index contributed by atoms with van der Waals surface area (Å²) in [6.45, 7) is 2.51. The molecule has 34 heavy (non-hydrogen) atoms. The number of aromatic nitrogens is 5. The van der Waals surface area contributed by atoms with Gasteiger partial charge in [0, 0.05) is 36.5 Å². The van der Waals surface area contributed by atoms with Gasteiger partial charge in [0.15, 0.2) is 11.3 Å². The minimum Gasteiger partial charge on any atom is -0.346 e. The van der Waals surface area contributed by atoms with Crippen LogP contribution in [0.25, 0.3) is 16.9 Å². The van der Waals surface area contributed by atoms with Gasteiger partial charge in [-0.15, -0.1) is 0 Å². The van der Waals surface area contributed by atoms with Gasteiger partial charge < -0.3 is 5.32 Å². The van der Waals surface area contributed by atoms with Crippen LogP contribution in [-0.4, -0.2) is 36.5 Å². The number of nitrogens with zero attached hydrogens (tertiary/aromatic N) is 5. The molecule has 13 heteroatoms. The standard InChI is InChI=1S/C21H16F6N6O/c1-2-32-11-12(10-29-32)9-28-19(34)16-8-18-30-15(13-3-5-14(22)6-4-13)7-17(33(18)31-16)20(23,24)21(25,26)27/h3-8,10-11H,2,9H2,1H3,(H,28,34). The van der Waals surface area contributed by atoms with Crippen LogP contribution >= 0.6 is 0 Å². The highest BCUT2D eigenvalue weighted by Crippen LogP contribution is 2.44. The summed E-state index contributed by atoms with van der Waals surface area (Å²) in [6, 6.07) is 5.90. The van der Waals surface area contributed by atoms with Gasteiger partial charge in [0.05, 0.1) is 11.9 Å². The smallest absolute Gasteiger partial charge is 0.346 e. The van der Waals surface area contributed by atoms with Gasteiger partial charge in [-0.05, 0) is 37.3 Å². The van der Waals surface area contributed by atoms with Crippen LogP contribution in [0.3, 0.4) is 0 Å². The minimum absolute atomic E-state index is 0.0343. The molecule has 0 bridgehead atoms. The van der Waals surface area contributed by atoms with Crippen LogP contribution < -0.4 is 5.32 Å². The average molecular weight is 482 g/mol. The Hall–Kier alpha value is -3.90. The predicted octanol–water partition coefficient (Wildman–Crippen LogP) is 4.34. The van der Waals surface area contributed by atoms with Crippen molar-refractivity contribution in [3.05, 3.63) is 71.6 Å². The lowest BCUT2D eigenvalue weighted by Gasteiger charge is -2.21. The number of aryl methyl sites for hydroxylation is 1. The molecule has 0 aliphatic carbocycles. The van der Waals surface area contributed by atoms with E-state index in [0.717, 1.165) is 18.2 Å². The van der Waals surface area contributed by atoms with Crippen molar-refractivity contribution in [2.24, 2.45) is 0 Å². The fourth-order valence-electron chi connectivity index (χ4n) is 3.17. The van der Waals surface area contributed by atoms with Crippen molar-refractivity contribution in [3.8, 4) is 11.3 Å². The third-order valence-corrected chi connectivity index (χ3v) is 4.94. The SMILES string of the molecule is CCn1cc(CNC(=O)c2cc3nc(-c4ccc(F)cc4)cc(C(F)(F)C(F)(F)F)n3n2)cn1. The van der Waals surface area contributed by atoms with Crippen molar-refractivity contribution in [3.63, 3.8) is 0 Å². The number of hydrogen-bond acceptors (Lipinski definition) is 4. The minimum atomic E-state index is -5.94. The summed E-state index contributed by atoms with van der Waals surface area (Å²) in [5.74, 6) is -6.74. The van der Waals surface area contributed by atoms with E-state index in [1.165, 1.54) is 18.3 Å². The Morgan fingerprint density at radius 3 is 2.41 bits per heavy atom. The maximum atomic E-state index is 14.4. The van der Waals surface area contributed by atoms with E-state index in [1.807, 2.05) is 6.92 Å². The third kappa shape index (κ3) is 4.32. The van der Waals surface area contributed by atoms with Gasteiger partial charge in [0.1, 0.15) is 11.5 Å². The van der Waals surface area contributed by atoms with Crippen LogP contribution in [0.1, 0.15) is 28.7 Å². The zero-order valence-corrected chi connectivity index (χ0v) is 17.4. The second-order valence-corrected chi connectivity index (χ2v) is 7.29. The van der Waals surface area contributed by atoms with Crippen LogP contribution in [-0.2, 0) is 19.0 Å². The van der Waals surface area contributed by atoms with Crippen molar-refractivity contribution in [1.82, 2.24) is 29.7 Å². The number of alkyl halides is 5. The summed E-state index contributed by atoms with van der Waals surface area (Å²) < 4.78 is 83.5. The van der Waals surface area contributed by atoms with Gasteiger partial charge in [0.2, 0.25) is 0 Å². The van der Waals surface area contributed by atoms with Gasteiger partial charge >= 0.3 is 12.1 Å². The van der Waals surface area contributed by atoms with Crippen molar-refractivity contribution >= 4 is 11.6 Å². The molecule has 1 N–H and O–H groups in total. The number of hydrogen-bond donors (Lipinski definition) is 1. The molecule has 0 saturated heterocycles. The number of halogens is 6. The average Bonchev–Trinajstić information content (AvgIpc) is 3.43. The van der Waals surface area contributed by atoms with E-state index in [9.17, 15) is 31.1 Å². The molecule has 0 aliphatic rings. The molecule has 0 fully saturated rings. The molecule has 0 saturated carbocycles. The van der Waals surface area contributed by atoms with E-state index < -0.39 is 40.9 Å². The van der Waals surface area contributed by atoms with E-state index >= 15 is 0 Å². The van der Waals surface area contributed by atoms with Crippen LogP contribution in [0.2, 0.25) is 0 Å². The van der Waals surface area contributed by atoms with Gasteiger partial charge in [-0.25, -0.2) is 13.9 Å². The van der Waals surface area contributed by atoms with Crippen molar-refractivity contribution in [2.45, 2.75) is 32.1 Å². The molecule has 178 valence electrons. The number of carbonyl (C=O) groups is 1. The van der Waals surface area contributed by atoms with Crippen LogP contribution in [0.15, 0.2) is 48.8 Å². The molecular formula is C21H16F6N6O. The summed E-state index contributed by atoms with van der Waals surface area (Å²) in [5, 5.41) is 10.2. The maximum Gasteiger partial charge on any atom is 0.459 e. The molecular weight excluding hydrogens is 466 g/mol. The summed E-state index contributed by atoms with van der Waals surface area (Å²) in [5.41, 5.74) is -1.88. The quantitative estimate of drug-likeness (QED) is 0.415. The molecule has 7 nitrogen and oxygen atoms in total. The Labute approximate surface area is 188 Å². The first-order valence-electron chi connectivity index (χ1n) is 9.91. The van der Waals surface area contributed by atoms with Crippen LogP contribution in [0, 0.1) is 5.82 Å². The first kappa shape index (κ1) is 23.3. The number of rotatable bonds is 6. The second kappa shape index (κ2) is 8.47. The molecule has 0 unspecified atom stereocenters. The van der Waals surface area contributed by atoms with Gasteiger partial charge in [0.25, 0.3) is 5.91 Å². The molecule has 4 rings (SSSR count). The first-order valence-corrected chi connectivity index (χ1v) is 9.91. The zero-order valence-electron chi connectivity index (χ0n) is 17.4. The lowest BCUT2D eigenvalue weighted by atomic mass is 10.1. The maximum absolute atomic E-state index is 14.4. The molecule has 4 aromatic rings. The van der Waals surface area contributed by atoms with Crippen LogP contribution in [0.4, 0.5) is 26.3 Å². The highest BCUT2D eigenvalue weighted by atomic mass is 19.4.